The summed E-state index contributed by atoms with van der Waals surface area (Å²) in [6, 6.07) is 15.6. The molecule has 2 N–H and O–H groups in total. The van der Waals surface area contributed by atoms with Gasteiger partial charge in [0.1, 0.15) is 0 Å². The molecular weight excluding hydrogens is 364 g/mol. The quantitative estimate of drug-likeness (QED) is 0.646. The van der Waals surface area contributed by atoms with Crippen LogP contribution < -0.4 is 10.6 Å². The Morgan fingerprint density at radius 1 is 0.966 bits per heavy atom. The maximum absolute atomic E-state index is 12.5. The minimum Gasteiger partial charge on any atom is -0.376 e. The number of hydrogen-bond acceptors (Lipinski definition) is 4. The van der Waals surface area contributed by atoms with Crippen LogP contribution in [-0.2, 0) is 16.1 Å². The van der Waals surface area contributed by atoms with E-state index in [-0.39, 0.29) is 24.9 Å². The van der Waals surface area contributed by atoms with Gasteiger partial charge in [0.05, 0.1) is 13.1 Å². The molecule has 6 nitrogen and oxygen atoms in total. The largest absolute Gasteiger partial charge is 0.376 e. The molecule has 156 valence electrons. The summed E-state index contributed by atoms with van der Waals surface area (Å²) in [7, 11) is 1.64. The lowest BCUT2D eigenvalue weighted by molar-refractivity contribution is -0.131. The number of likely N-dealkylation sites (N-methyl/N-ethyl adjacent to an activating group) is 1. The van der Waals surface area contributed by atoms with Crippen LogP contribution in [0.2, 0.25) is 0 Å². The van der Waals surface area contributed by atoms with Crippen LogP contribution in [0.4, 0.5) is 11.4 Å². The lowest BCUT2D eigenvalue weighted by atomic mass is 10.1. The molecule has 0 aliphatic heterocycles. The number of nitrogens with one attached hydrogen (secondary N) is 2. The van der Waals surface area contributed by atoms with Gasteiger partial charge >= 0.3 is 0 Å². The van der Waals surface area contributed by atoms with E-state index in [0.717, 1.165) is 42.1 Å². The Labute approximate surface area is 173 Å². The highest BCUT2D eigenvalue weighted by molar-refractivity contribution is 5.95. The Balaban J connectivity index is 1.87. The second-order valence-electron chi connectivity index (χ2n) is 7.14. The number of benzene rings is 2. The number of amides is 2. The topological polar surface area (TPSA) is 64.7 Å². The van der Waals surface area contributed by atoms with Gasteiger partial charge < -0.3 is 15.5 Å². The highest BCUT2D eigenvalue weighted by Gasteiger charge is 2.14. The molecule has 0 aliphatic rings. The second kappa shape index (κ2) is 11.2. The molecule has 0 unspecified atom stereocenters. The van der Waals surface area contributed by atoms with E-state index < -0.39 is 0 Å². The fourth-order valence-corrected chi connectivity index (χ4v) is 2.97. The summed E-state index contributed by atoms with van der Waals surface area (Å²) >= 11 is 0. The lowest BCUT2D eigenvalue weighted by Crippen LogP contribution is -2.38. The van der Waals surface area contributed by atoms with Gasteiger partial charge in [0.2, 0.25) is 11.8 Å². The molecule has 2 aromatic rings. The molecule has 0 atom stereocenters. The predicted molar refractivity (Wildman–Crippen MR) is 119 cm³/mol. The molecule has 2 aromatic carbocycles. The monoisotopic (exact) mass is 396 g/mol. The maximum atomic E-state index is 12.5. The number of aryl methyl sites for hydroxylation is 1. The van der Waals surface area contributed by atoms with Gasteiger partial charge in [-0.15, -0.1) is 0 Å². The number of carbonyl (C=O) groups is 2. The molecular formula is C23H32N4O2. The number of rotatable bonds is 10. The van der Waals surface area contributed by atoms with Gasteiger partial charge in [0, 0.05) is 25.0 Å². The normalized spacial score (nSPS) is 10.7. The Morgan fingerprint density at radius 2 is 1.62 bits per heavy atom. The van der Waals surface area contributed by atoms with Gasteiger partial charge in [-0.25, -0.2) is 0 Å². The first-order valence-electron chi connectivity index (χ1n) is 10.1. The zero-order chi connectivity index (χ0) is 21.2. The molecule has 2 rings (SSSR count). The average molecular weight is 397 g/mol. The minimum absolute atomic E-state index is 0.00941. The Morgan fingerprint density at radius 3 is 2.28 bits per heavy atom. The number of nitrogens with zero attached hydrogens (tertiary/aromatic N) is 2. The second-order valence-corrected chi connectivity index (χ2v) is 7.14. The fourth-order valence-electron chi connectivity index (χ4n) is 2.97. The van der Waals surface area contributed by atoms with E-state index in [1.165, 1.54) is 4.90 Å². The van der Waals surface area contributed by atoms with Crippen molar-refractivity contribution in [3.05, 3.63) is 59.7 Å². The Hall–Kier alpha value is -2.86. The van der Waals surface area contributed by atoms with Crippen LogP contribution in [0.25, 0.3) is 0 Å². The predicted octanol–water partition coefficient (Wildman–Crippen LogP) is 3.35. The van der Waals surface area contributed by atoms with E-state index in [2.05, 4.69) is 35.4 Å². The number of para-hydroxylation sites is 1. The molecule has 2 amide bonds. The van der Waals surface area contributed by atoms with Gasteiger partial charge in [-0.3, -0.25) is 14.5 Å². The van der Waals surface area contributed by atoms with Crippen LogP contribution in [0.1, 0.15) is 25.0 Å². The molecule has 0 fully saturated rings. The molecule has 6 heteroatoms. The van der Waals surface area contributed by atoms with Crippen LogP contribution in [0.5, 0.6) is 0 Å². The van der Waals surface area contributed by atoms with Gasteiger partial charge in [0.15, 0.2) is 0 Å². The van der Waals surface area contributed by atoms with E-state index >= 15 is 0 Å². The van der Waals surface area contributed by atoms with E-state index in [0.29, 0.717) is 0 Å². The number of hydrogen-bond donors (Lipinski definition) is 2. The zero-order valence-corrected chi connectivity index (χ0v) is 17.9. The number of anilines is 2. The third-order valence-corrected chi connectivity index (χ3v) is 4.88. The molecule has 0 bridgehead atoms. The van der Waals surface area contributed by atoms with Crippen molar-refractivity contribution >= 4 is 23.2 Å². The van der Waals surface area contributed by atoms with E-state index in [9.17, 15) is 9.59 Å². The first kappa shape index (κ1) is 22.4. The Bertz CT molecular complexity index is 801. The molecule has 0 aliphatic carbocycles. The van der Waals surface area contributed by atoms with Crippen LogP contribution in [0, 0.1) is 6.92 Å². The molecule has 0 spiro atoms. The van der Waals surface area contributed by atoms with Crippen molar-refractivity contribution in [2.24, 2.45) is 0 Å². The molecule has 29 heavy (non-hydrogen) atoms. The maximum Gasteiger partial charge on any atom is 0.243 e. The summed E-state index contributed by atoms with van der Waals surface area (Å²) in [6.45, 7) is 9.20. The highest BCUT2D eigenvalue weighted by atomic mass is 16.2. The van der Waals surface area contributed by atoms with Crippen molar-refractivity contribution in [3.63, 3.8) is 0 Å². The smallest absolute Gasteiger partial charge is 0.243 e. The summed E-state index contributed by atoms with van der Waals surface area (Å²) in [4.78, 5) is 28.4. The van der Waals surface area contributed by atoms with Crippen molar-refractivity contribution in [2.45, 2.75) is 27.3 Å². The summed E-state index contributed by atoms with van der Waals surface area (Å²) in [5.41, 5.74) is 3.96. The van der Waals surface area contributed by atoms with Crippen molar-refractivity contribution in [3.8, 4) is 0 Å². The van der Waals surface area contributed by atoms with Crippen molar-refractivity contribution in [1.82, 2.24) is 9.80 Å². The average Bonchev–Trinajstić information content (AvgIpc) is 2.72. The summed E-state index contributed by atoms with van der Waals surface area (Å²) in [5.74, 6) is -0.353. The summed E-state index contributed by atoms with van der Waals surface area (Å²) in [6.07, 6.45) is 0. The molecule has 0 radical (unpaired) electrons. The minimum atomic E-state index is -0.216. The molecule has 0 heterocycles. The van der Waals surface area contributed by atoms with Crippen molar-refractivity contribution in [1.29, 1.82) is 0 Å². The van der Waals surface area contributed by atoms with Crippen LogP contribution in [-0.4, -0.2) is 54.8 Å². The third-order valence-electron chi connectivity index (χ3n) is 4.88. The first-order valence-corrected chi connectivity index (χ1v) is 10.1. The van der Waals surface area contributed by atoms with Gasteiger partial charge in [-0.1, -0.05) is 49.7 Å². The number of carbonyl (C=O) groups excluding carboxylic acids is 2. The summed E-state index contributed by atoms with van der Waals surface area (Å²) < 4.78 is 0. The Kier molecular flexibility index (Phi) is 8.68. The van der Waals surface area contributed by atoms with Crippen LogP contribution in [0.3, 0.4) is 0 Å². The van der Waals surface area contributed by atoms with Crippen molar-refractivity contribution < 1.29 is 9.59 Å². The molecule has 0 saturated heterocycles. The van der Waals surface area contributed by atoms with Gasteiger partial charge in [0.25, 0.3) is 0 Å². The van der Waals surface area contributed by atoms with E-state index in [4.69, 9.17) is 0 Å². The lowest BCUT2D eigenvalue weighted by Gasteiger charge is -2.21. The van der Waals surface area contributed by atoms with Gasteiger partial charge in [-0.2, -0.15) is 0 Å². The zero-order valence-electron chi connectivity index (χ0n) is 17.9. The third kappa shape index (κ3) is 7.23. The highest BCUT2D eigenvalue weighted by Crippen LogP contribution is 2.17. The SMILES string of the molecule is CCN(CC)Cc1ccccc1NCC(=O)N(C)CC(=O)Nc1ccc(C)cc1. The standard InChI is InChI=1S/C23H32N4O2/c1-5-27(6-2)16-19-9-7-8-10-21(19)24-15-23(29)26(4)17-22(28)25-20-13-11-18(3)12-14-20/h7-14,24H,5-6,15-17H2,1-4H3,(H,25,28). The van der Waals surface area contributed by atoms with E-state index in [1.54, 1.807) is 7.05 Å². The van der Waals surface area contributed by atoms with Crippen molar-refractivity contribution in [2.75, 3.05) is 43.9 Å². The first-order chi connectivity index (χ1) is 13.9. The van der Waals surface area contributed by atoms with Gasteiger partial charge in [-0.05, 0) is 43.8 Å². The fraction of sp³-hybridized carbons (Fsp3) is 0.391. The molecule has 0 aromatic heterocycles. The van der Waals surface area contributed by atoms with Crippen LogP contribution >= 0.6 is 0 Å². The van der Waals surface area contributed by atoms with E-state index in [1.807, 2.05) is 49.4 Å². The molecule has 0 saturated carbocycles. The summed E-state index contributed by atoms with van der Waals surface area (Å²) in [5, 5.41) is 6.04. The van der Waals surface area contributed by atoms with Crippen LogP contribution in [0.15, 0.2) is 48.5 Å².